The van der Waals surface area contributed by atoms with E-state index >= 15 is 0 Å². The molecule has 1 aliphatic carbocycles. The van der Waals surface area contributed by atoms with E-state index in [1.807, 2.05) is 0 Å². The Kier molecular flexibility index (Phi) is 6.74. The lowest BCUT2D eigenvalue weighted by atomic mass is 9.93. The first-order chi connectivity index (χ1) is 13.9. The Bertz CT molecular complexity index is 918. The standard InChI is InChI=1S/C27H34N2/c1-18(2)24-13-10-14-25(19(3)4)27(24)29-28-26(22-11-8-7-9-12-22)17-23-16-15-20(5)21(23)6/h7-15,18-19,29H,16-17H2,1-6H3. The van der Waals surface area contributed by atoms with Gasteiger partial charge < -0.3 is 0 Å². The van der Waals surface area contributed by atoms with E-state index in [0.717, 1.165) is 24.2 Å². The van der Waals surface area contributed by atoms with Gasteiger partial charge in [-0.05, 0) is 54.4 Å². The highest BCUT2D eigenvalue weighted by atomic mass is 15.3. The largest absolute Gasteiger partial charge is 0.278 e. The minimum Gasteiger partial charge on any atom is -0.278 e. The van der Waals surface area contributed by atoms with Crippen molar-refractivity contribution in [3.63, 3.8) is 0 Å². The van der Waals surface area contributed by atoms with Crippen molar-refractivity contribution in [1.29, 1.82) is 0 Å². The van der Waals surface area contributed by atoms with Crippen LogP contribution in [-0.4, -0.2) is 5.71 Å². The summed E-state index contributed by atoms with van der Waals surface area (Å²) in [6, 6.07) is 17.1. The van der Waals surface area contributed by atoms with Crippen LogP contribution >= 0.6 is 0 Å². The Hall–Kier alpha value is -2.61. The molecule has 0 saturated carbocycles. The van der Waals surface area contributed by atoms with Crippen molar-refractivity contribution in [3.8, 4) is 0 Å². The lowest BCUT2D eigenvalue weighted by Gasteiger charge is -2.19. The number of rotatable bonds is 7. The van der Waals surface area contributed by atoms with Crippen LogP contribution in [0.4, 0.5) is 5.69 Å². The number of hydrazone groups is 1. The highest BCUT2D eigenvalue weighted by molar-refractivity contribution is 6.02. The summed E-state index contributed by atoms with van der Waals surface area (Å²) < 4.78 is 0. The molecule has 0 bridgehead atoms. The molecule has 0 saturated heterocycles. The first-order valence-corrected chi connectivity index (χ1v) is 10.7. The van der Waals surface area contributed by atoms with Gasteiger partial charge in [-0.25, -0.2) is 0 Å². The third-order valence-electron chi connectivity index (χ3n) is 5.94. The molecule has 0 aliphatic heterocycles. The average molecular weight is 387 g/mol. The van der Waals surface area contributed by atoms with Crippen LogP contribution in [0.3, 0.4) is 0 Å². The highest BCUT2D eigenvalue weighted by Gasteiger charge is 2.16. The molecule has 0 aromatic heterocycles. The first-order valence-electron chi connectivity index (χ1n) is 10.7. The van der Waals surface area contributed by atoms with Crippen LogP contribution in [0.2, 0.25) is 0 Å². The smallest absolute Gasteiger partial charge is 0.0720 e. The van der Waals surface area contributed by atoms with Gasteiger partial charge in [0, 0.05) is 6.42 Å². The van der Waals surface area contributed by atoms with Crippen LogP contribution in [-0.2, 0) is 0 Å². The number of anilines is 1. The molecule has 0 radical (unpaired) electrons. The molecule has 2 aromatic carbocycles. The molecule has 2 nitrogen and oxygen atoms in total. The van der Waals surface area contributed by atoms with Gasteiger partial charge in [0.2, 0.25) is 0 Å². The zero-order valence-electron chi connectivity index (χ0n) is 18.7. The number of nitrogens with zero attached hydrogens (tertiary/aromatic N) is 1. The van der Waals surface area contributed by atoms with E-state index in [9.17, 15) is 0 Å². The Balaban J connectivity index is 2.00. The summed E-state index contributed by atoms with van der Waals surface area (Å²) in [5, 5.41) is 4.98. The van der Waals surface area contributed by atoms with Gasteiger partial charge in [0.05, 0.1) is 11.4 Å². The molecule has 1 N–H and O–H groups in total. The SMILES string of the molecule is CC1=CCC(CC(=NNc2c(C(C)C)cccc2C(C)C)c2ccccc2)=C1C. The molecule has 0 amide bonds. The van der Waals surface area contributed by atoms with E-state index in [2.05, 4.69) is 102 Å². The zero-order chi connectivity index (χ0) is 21.0. The summed E-state index contributed by atoms with van der Waals surface area (Å²) in [6.07, 6.45) is 4.23. The summed E-state index contributed by atoms with van der Waals surface area (Å²) in [6.45, 7) is 13.4. The predicted molar refractivity (Wildman–Crippen MR) is 127 cm³/mol. The average Bonchev–Trinajstić information content (AvgIpc) is 3.03. The molecule has 1 aliphatic rings. The molecular weight excluding hydrogens is 352 g/mol. The molecule has 0 unspecified atom stereocenters. The summed E-state index contributed by atoms with van der Waals surface area (Å²) in [5.74, 6) is 0.886. The van der Waals surface area contributed by atoms with E-state index in [4.69, 9.17) is 5.10 Å². The lowest BCUT2D eigenvalue weighted by Crippen LogP contribution is -2.09. The minimum absolute atomic E-state index is 0.443. The topological polar surface area (TPSA) is 24.4 Å². The van der Waals surface area contributed by atoms with Crippen LogP contribution in [0.15, 0.2) is 76.4 Å². The van der Waals surface area contributed by atoms with Crippen molar-refractivity contribution in [2.45, 2.75) is 66.2 Å². The van der Waals surface area contributed by atoms with E-state index in [-0.39, 0.29) is 0 Å². The zero-order valence-corrected chi connectivity index (χ0v) is 18.7. The van der Waals surface area contributed by atoms with Crippen LogP contribution < -0.4 is 5.43 Å². The number of allylic oxidation sites excluding steroid dienone is 4. The second-order valence-electron chi connectivity index (χ2n) is 8.65. The Labute approximate surface area is 176 Å². The summed E-state index contributed by atoms with van der Waals surface area (Å²) in [5.41, 5.74) is 13.8. The third-order valence-corrected chi connectivity index (χ3v) is 5.94. The molecule has 0 fully saturated rings. The third kappa shape index (κ3) is 4.87. The van der Waals surface area contributed by atoms with Gasteiger partial charge in [0.15, 0.2) is 0 Å². The van der Waals surface area contributed by atoms with Gasteiger partial charge in [-0.1, -0.05) is 93.4 Å². The molecule has 0 heterocycles. The number of hydrogen-bond acceptors (Lipinski definition) is 2. The Morgan fingerprint density at radius 3 is 2.03 bits per heavy atom. The van der Waals surface area contributed by atoms with Gasteiger partial charge in [-0.15, -0.1) is 0 Å². The summed E-state index contributed by atoms with van der Waals surface area (Å²) in [4.78, 5) is 0. The van der Waals surface area contributed by atoms with Gasteiger partial charge >= 0.3 is 0 Å². The first kappa shape index (κ1) is 21.1. The Morgan fingerprint density at radius 2 is 1.52 bits per heavy atom. The molecule has 2 heteroatoms. The normalized spacial score (nSPS) is 14.8. The predicted octanol–water partition coefficient (Wildman–Crippen LogP) is 7.81. The maximum atomic E-state index is 4.98. The van der Waals surface area contributed by atoms with Crippen LogP contribution in [0.5, 0.6) is 0 Å². The van der Waals surface area contributed by atoms with Crippen molar-refractivity contribution < 1.29 is 0 Å². The molecule has 0 atom stereocenters. The fourth-order valence-corrected chi connectivity index (χ4v) is 3.91. The molecular formula is C27H34N2. The minimum atomic E-state index is 0.443. The Morgan fingerprint density at radius 1 is 0.897 bits per heavy atom. The van der Waals surface area contributed by atoms with E-state index < -0.39 is 0 Å². The van der Waals surface area contributed by atoms with Crippen LogP contribution in [0.1, 0.15) is 82.9 Å². The van der Waals surface area contributed by atoms with Crippen molar-refractivity contribution in [3.05, 3.63) is 88.0 Å². The summed E-state index contributed by atoms with van der Waals surface area (Å²) >= 11 is 0. The maximum Gasteiger partial charge on any atom is 0.0720 e. The van der Waals surface area contributed by atoms with Gasteiger partial charge in [-0.3, -0.25) is 5.43 Å². The van der Waals surface area contributed by atoms with Crippen molar-refractivity contribution in [2.24, 2.45) is 5.10 Å². The fourth-order valence-electron chi connectivity index (χ4n) is 3.91. The second-order valence-corrected chi connectivity index (χ2v) is 8.65. The maximum absolute atomic E-state index is 4.98. The number of benzene rings is 2. The van der Waals surface area contributed by atoms with E-state index in [1.54, 1.807) is 0 Å². The van der Waals surface area contributed by atoms with Crippen LogP contribution in [0.25, 0.3) is 0 Å². The van der Waals surface area contributed by atoms with Crippen molar-refractivity contribution in [2.75, 3.05) is 5.43 Å². The molecule has 0 spiro atoms. The van der Waals surface area contributed by atoms with E-state index in [1.165, 1.54) is 33.4 Å². The number of hydrogen-bond donors (Lipinski definition) is 1. The monoisotopic (exact) mass is 386 g/mol. The van der Waals surface area contributed by atoms with Gasteiger partial charge in [0.25, 0.3) is 0 Å². The quantitative estimate of drug-likeness (QED) is 0.381. The highest BCUT2D eigenvalue weighted by Crippen LogP contribution is 2.33. The van der Waals surface area contributed by atoms with Crippen molar-refractivity contribution >= 4 is 11.4 Å². The van der Waals surface area contributed by atoms with E-state index in [0.29, 0.717) is 11.8 Å². The summed E-state index contributed by atoms with van der Waals surface area (Å²) in [7, 11) is 0. The molecule has 29 heavy (non-hydrogen) atoms. The van der Waals surface area contributed by atoms with Crippen molar-refractivity contribution in [1.82, 2.24) is 0 Å². The fraction of sp³-hybridized carbons (Fsp3) is 0.370. The second kappa shape index (κ2) is 9.26. The molecule has 3 rings (SSSR count). The number of para-hydroxylation sites is 1. The lowest BCUT2D eigenvalue weighted by molar-refractivity contribution is 0.835. The van der Waals surface area contributed by atoms with Crippen LogP contribution in [0, 0.1) is 0 Å². The van der Waals surface area contributed by atoms with Gasteiger partial charge in [0.1, 0.15) is 0 Å². The molecule has 152 valence electrons. The number of nitrogens with one attached hydrogen (secondary N) is 1. The van der Waals surface area contributed by atoms with Gasteiger partial charge in [-0.2, -0.15) is 5.10 Å². The molecule has 2 aromatic rings.